The number of benzene rings is 1. The Hall–Kier alpha value is -0.900. The van der Waals surface area contributed by atoms with Crippen molar-refractivity contribution in [3.8, 4) is 0 Å². The first-order valence-electron chi connectivity index (χ1n) is 8.89. The van der Waals surface area contributed by atoms with Gasteiger partial charge >= 0.3 is 0 Å². The van der Waals surface area contributed by atoms with Crippen LogP contribution in [0.5, 0.6) is 0 Å². The molecule has 0 spiro atoms. The maximum Gasteiger partial charge on any atom is 0.0720 e. The fourth-order valence-corrected chi connectivity index (χ4v) is 3.72. The summed E-state index contributed by atoms with van der Waals surface area (Å²) < 4.78 is 6.09. The van der Waals surface area contributed by atoms with E-state index in [0.717, 1.165) is 12.6 Å². The van der Waals surface area contributed by atoms with E-state index in [0.29, 0.717) is 6.10 Å². The van der Waals surface area contributed by atoms with Crippen LogP contribution in [0.25, 0.3) is 0 Å². The minimum Gasteiger partial charge on any atom is -0.373 e. The van der Waals surface area contributed by atoms with Gasteiger partial charge in [-0.1, -0.05) is 36.8 Å². The molecule has 3 nitrogen and oxygen atoms in total. The van der Waals surface area contributed by atoms with Crippen molar-refractivity contribution in [3.63, 3.8) is 0 Å². The molecule has 1 atom stereocenters. The third kappa shape index (κ3) is 4.55. The maximum atomic E-state index is 6.09. The van der Waals surface area contributed by atoms with Crippen LogP contribution in [-0.2, 0) is 11.3 Å². The predicted octanol–water partition coefficient (Wildman–Crippen LogP) is 3.15. The molecule has 2 aliphatic heterocycles. The van der Waals surface area contributed by atoms with Crippen molar-refractivity contribution in [1.82, 2.24) is 9.80 Å². The fourth-order valence-electron chi connectivity index (χ4n) is 3.72. The molecule has 2 saturated heterocycles. The van der Waals surface area contributed by atoms with Crippen LogP contribution in [0.4, 0.5) is 0 Å². The van der Waals surface area contributed by atoms with Crippen molar-refractivity contribution < 1.29 is 4.74 Å². The number of piperidine rings is 2. The topological polar surface area (TPSA) is 15.7 Å². The minimum atomic E-state index is 0.445. The molecule has 122 valence electrons. The van der Waals surface area contributed by atoms with E-state index in [1.807, 2.05) is 0 Å². The Bertz CT molecular complexity index is 428. The maximum absolute atomic E-state index is 6.09. The van der Waals surface area contributed by atoms with Crippen molar-refractivity contribution in [2.24, 2.45) is 0 Å². The monoisotopic (exact) mass is 302 g/mol. The van der Waals surface area contributed by atoms with Crippen LogP contribution >= 0.6 is 0 Å². The summed E-state index contributed by atoms with van der Waals surface area (Å²) in [6, 6.07) is 11.3. The average molecular weight is 302 g/mol. The highest BCUT2D eigenvalue weighted by Gasteiger charge is 2.25. The molecular weight excluding hydrogens is 272 g/mol. The van der Waals surface area contributed by atoms with Gasteiger partial charge < -0.3 is 14.5 Å². The predicted molar refractivity (Wildman–Crippen MR) is 91.0 cm³/mol. The number of rotatable bonds is 5. The molecule has 0 radical (unpaired) electrons. The van der Waals surface area contributed by atoms with Crippen LogP contribution in [0, 0.1) is 0 Å². The van der Waals surface area contributed by atoms with Crippen LogP contribution < -0.4 is 0 Å². The van der Waals surface area contributed by atoms with Crippen molar-refractivity contribution in [2.75, 3.05) is 33.2 Å². The molecule has 0 N–H and O–H groups in total. The van der Waals surface area contributed by atoms with Gasteiger partial charge in [0, 0.05) is 25.7 Å². The fraction of sp³-hybridized carbons (Fsp3) is 0.684. The third-order valence-electron chi connectivity index (χ3n) is 5.25. The minimum absolute atomic E-state index is 0.445. The summed E-state index contributed by atoms with van der Waals surface area (Å²) in [7, 11) is 2.29. The SMILES string of the molecule is CN1CCCC[C@H]1CN1CCC(OCc2ccccc2)CC1. The standard InChI is InChI=1S/C19H30N2O/c1-20-12-6-5-9-18(20)15-21-13-10-19(11-14-21)22-16-17-7-3-2-4-8-17/h2-4,7-8,18-19H,5-6,9-16H2,1H3/t18-/m0/s1. The summed E-state index contributed by atoms with van der Waals surface area (Å²) >= 11 is 0. The lowest BCUT2D eigenvalue weighted by atomic mass is 10.0. The van der Waals surface area contributed by atoms with E-state index in [2.05, 4.69) is 47.2 Å². The van der Waals surface area contributed by atoms with Gasteiger partial charge in [-0.05, 0) is 44.8 Å². The first-order valence-corrected chi connectivity index (χ1v) is 8.89. The van der Waals surface area contributed by atoms with Gasteiger partial charge in [-0.3, -0.25) is 0 Å². The van der Waals surface area contributed by atoms with E-state index in [-0.39, 0.29) is 0 Å². The second kappa shape index (κ2) is 8.09. The number of hydrogen-bond donors (Lipinski definition) is 0. The van der Waals surface area contributed by atoms with Gasteiger partial charge in [0.2, 0.25) is 0 Å². The summed E-state index contributed by atoms with van der Waals surface area (Å²) in [5, 5.41) is 0. The van der Waals surface area contributed by atoms with Gasteiger partial charge in [0.15, 0.2) is 0 Å². The second-order valence-corrected chi connectivity index (χ2v) is 6.93. The molecule has 0 aromatic heterocycles. The van der Waals surface area contributed by atoms with Crippen LogP contribution in [0.2, 0.25) is 0 Å². The molecule has 1 aromatic rings. The van der Waals surface area contributed by atoms with Gasteiger partial charge in [-0.2, -0.15) is 0 Å². The lowest BCUT2D eigenvalue weighted by molar-refractivity contribution is -0.00822. The lowest BCUT2D eigenvalue weighted by Crippen LogP contribution is -2.47. The highest BCUT2D eigenvalue weighted by molar-refractivity contribution is 5.13. The molecule has 2 aliphatic rings. The smallest absolute Gasteiger partial charge is 0.0720 e. The summed E-state index contributed by atoms with van der Waals surface area (Å²) in [4.78, 5) is 5.20. The Morgan fingerprint density at radius 3 is 2.50 bits per heavy atom. The van der Waals surface area contributed by atoms with Gasteiger partial charge in [-0.15, -0.1) is 0 Å². The average Bonchev–Trinajstić information content (AvgIpc) is 2.57. The molecule has 0 saturated carbocycles. The van der Waals surface area contributed by atoms with E-state index in [9.17, 15) is 0 Å². The number of likely N-dealkylation sites (N-methyl/N-ethyl adjacent to an activating group) is 1. The normalized spacial score (nSPS) is 25.4. The molecular formula is C19H30N2O. The van der Waals surface area contributed by atoms with Gasteiger partial charge in [0.25, 0.3) is 0 Å². The molecule has 3 rings (SSSR count). The lowest BCUT2D eigenvalue weighted by Gasteiger charge is -2.39. The zero-order chi connectivity index (χ0) is 15.2. The second-order valence-electron chi connectivity index (χ2n) is 6.93. The Morgan fingerprint density at radius 2 is 1.77 bits per heavy atom. The van der Waals surface area contributed by atoms with Gasteiger partial charge in [0.05, 0.1) is 12.7 Å². The van der Waals surface area contributed by atoms with Crippen LogP contribution in [0.1, 0.15) is 37.7 Å². The molecule has 0 bridgehead atoms. The molecule has 0 aliphatic carbocycles. The molecule has 2 heterocycles. The first-order chi connectivity index (χ1) is 10.8. The van der Waals surface area contributed by atoms with Gasteiger partial charge in [-0.25, -0.2) is 0 Å². The molecule has 3 heteroatoms. The summed E-state index contributed by atoms with van der Waals surface area (Å²) in [5.74, 6) is 0. The zero-order valence-electron chi connectivity index (χ0n) is 13.9. The highest BCUT2D eigenvalue weighted by Crippen LogP contribution is 2.20. The Kier molecular flexibility index (Phi) is 5.88. The first kappa shape index (κ1) is 16.0. The number of ether oxygens (including phenoxy) is 1. The molecule has 22 heavy (non-hydrogen) atoms. The Labute approximate surface area is 135 Å². The summed E-state index contributed by atoms with van der Waals surface area (Å²) in [6.07, 6.45) is 6.97. The molecule has 1 aromatic carbocycles. The van der Waals surface area contributed by atoms with E-state index in [4.69, 9.17) is 4.74 Å². The highest BCUT2D eigenvalue weighted by atomic mass is 16.5. The molecule has 0 unspecified atom stereocenters. The quantitative estimate of drug-likeness (QED) is 0.831. The van der Waals surface area contributed by atoms with Crippen molar-refractivity contribution >= 4 is 0 Å². The van der Waals surface area contributed by atoms with Crippen LogP contribution in [-0.4, -0.2) is 55.2 Å². The Morgan fingerprint density at radius 1 is 1.00 bits per heavy atom. The molecule has 2 fully saturated rings. The summed E-state index contributed by atoms with van der Waals surface area (Å²) in [5.41, 5.74) is 1.29. The number of nitrogens with zero attached hydrogens (tertiary/aromatic N) is 2. The van der Waals surface area contributed by atoms with E-state index in [1.165, 1.54) is 63.8 Å². The van der Waals surface area contributed by atoms with E-state index >= 15 is 0 Å². The van der Waals surface area contributed by atoms with Gasteiger partial charge in [0.1, 0.15) is 0 Å². The van der Waals surface area contributed by atoms with Crippen molar-refractivity contribution in [1.29, 1.82) is 0 Å². The molecule has 0 amide bonds. The van der Waals surface area contributed by atoms with Crippen molar-refractivity contribution in [2.45, 2.75) is 50.9 Å². The van der Waals surface area contributed by atoms with Crippen molar-refractivity contribution in [3.05, 3.63) is 35.9 Å². The number of hydrogen-bond acceptors (Lipinski definition) is 3. The summed E-state index contributed by atoms with van der Waals surface area (Å²) in [6.45, 7) is 5.69. The van der Waals surface area contributed by atoms with E-state index in [1.54, 1.807) is 0 Å². The zero-order valence-corrected chi connectivity index (χ0v) is 13.9. The van der Waals surface area contributed by atoms with Crippen LogP contribution in [0.15, 0.2) is 30.3 Å². The van der Waals surface area contributed by atoms with Crippen LogP contribution in [0.3, 0.4) is 0 Å². The number of likely N-dealkylation sites (tertiary alicyclic amines) is 2. The van der Waals surface area contributed by atoms with E-state index < -0.39 is 0 Å². The largest absolute Gasteiger partial charge is 0.373 e. The Balaban J connectivity index is 1.37. The third-order valence-corrected chi connectivity index (χ3v) is 5.25.